The van der Waals surface area contributed by atoms with Crippen molar-refractivity contribution in [3.8, 4) is 0 Å². The second kappa shape index (κ2) is 4.24. The topological polar surface area (TPSA) is 56.5 Å². The molecule has 0 saturated heterocycles. The molecule has 0 aromatic carbocycles. The average Bonchev–Trinajstić information content (AvgIpc) is 2.95. The van der Waals surface area contributed by atoms with Crippen molar-refractivity contribution in [3.63, 3.8) is 0 Å². The van der Waals surface area contributed by atoms with E-state index >= 15 is 0 Å². The maximum absolute atomic E-state index is 11.6. The fraction of sp³-hybridized carbons (Fsp3) is 0.417. The summed E-state index contributed by atoms with van der Waals surface area (Å²) in [5.41, 5.74) is 2.91. The predicted octanol–water partition coefficient (Wildman–Crippen LogP) is 2.05. The Balaban J connectivity index is 2.13. The van der Waals surface area contributed by atoms with Crippen LogP contribution in [0.2, 0.25) is 5.15 Å². The van der Waals surface area contributed by atoms with Crippen LogP contribution in [-0.4, -0.2) is 27.2 Å². The minimum atomic E-state index is -0.445. The summed E-state index contributed by atoms with van der Waals surface area (Å²) in [5, 5.41) is 4.71. The first kappa shape index (κ1) is 11.5. The van der Waals surface area contributed by atoms with Crippen molar-refractivity contribution in [2.75, 3.05) is 6.61 Å². The van der Waals surface area contributed by atoms with Gasteiger partial charge in [-0.05, 0) is 26.2 Å². The van der Waals surface area contributed by atoms with Crippen LogP contribution in [0, 0.1) is 0 Å². The van der Waals surface area contributed by atoms with Crippen LogP contribution in [-0.2, 0) is 17.6 Å². The Morgan fingerprint density at radius 3 is 3.17 bits per heavy atom. The van der Waals surface area contributed by atoms with Crippen molar-refractivity contribution in [1.82, 2.24) is 14.6 Å². The van der Waals surface area contributed by atoms with Gasteiger partial charge in [0.1, 0.15) is 5.15 Å². The highest BCUT2D eigenvalue weighted by Gasteiger charge is 2.21. The third kappa shape index (κ3) is 1.66. The Kier molecular flexibility index (Phi) is 2.70. The fourth-order valence-electron chi connectivity index (χ4n) is 2.24. The van der Waals surface area contributed by atoms with E-state index in [0.29, 0.717) is 17.4 Å². The molecule has 94 valence electrons. The summed E-state index contributed by atoms with van der Waals surface area (Å²) in [6.45, 7) is 2.08. The zero-order chi connectivity index (χ0) is 12.7. The van der Waals surface area contributed by atoms with Crippen molar-refractivity contribution in [3.05, 3.63) is 28.2 Å². The van der Waals surface area contributed by atoms with Gasteiger partial charge in [-0.25, -0.2) is 14.3 Å². The van der Waals surface area contributed by atoms with E-state index in [1.807, 2.05) is 0 Å². The van der Waals surface area contributed by atoms with Gasteiger partial charge >= 0.3 is 5.97 Å². The molecule has 3 rings (SSSR count). The lowest BCUT2D eigenvalue weighted by atomic mass is 10.3. The number of fused-ring (bicyclic) bond motifs is 2. The standard InChI is InChI=1S/C12H12ClN3O2/c1-2-18-12(17)9-6-10-14-8-5-3-4-7(8)11(13)16(10)15-9/h6H,2-5H2,1H3. The first-order valence-electron chi connectivity index (χ1n) is 5.95. The van der Waals surface area contributed by atoms with Gasteiger partial charge in [0.05, 0.1) is 6.61 Å². The summed E-state index contributed by atoms with van der Waals surface area (Å²) in [5.74, 6) is -0.445. The van der Waals surface area contributed by atoms with Gasteiger partial charge in [0.2, 0.25) is 0 Å². The quantitative estimate of drug-likeness (QED) is 0.616. The maximum Gasteiger partial charge on any atom is 0.358 e. The van der Waals surface area contributed by atoms with Crippen LogP contribution in [0.3, 0.4) is 0 Å². The number of carbonyl (C=O) groups excluding carboxylic acids is 1. The second-order valence-corrected chi connectivity index (χ2v) is 4.56. The highest BCUT2D eigenvalue weighted by atomic mass is 35.5. The van der Waals surface area contributed by atoms with E-state index in [4.69, 9.17) is 16.3 Å². The van der Waals surface area contributed by atoms with Crippen molar-refractivity contribution >= 4 is 23.2 Å². The number of halogens is 1. The number of carbonyl (C=O) groups is 1. The highest BCUT2D eigenvalue weighted by Crippen LogP contribution is 2.28. The Morgan fingerprint density at radius 1 is 1.56 bits per heavy atom. The molecule has 0 aliphatic heterocycles. The third-order valence-electron chi connectivity index (χ3n) is 3.05. The molecule has 0 amide bonds. The molecule has 0 N–H and O–H groups in total. The summed E-state index contributed by atoms with van der Waals surface area (Å²) in [6.07, 6.45) is 2.93. The van der Waals surface area contributed by atoms with E-state index in [1.54, 1.807) is 13.0 Å². The molecule has 2 aromatic rings. The van der Waals surface area contributed by atoms with Crippen molar-refractivity contribution in [1.29, 1.82) is 0 Å². The normalized spacial score (nSPS) is 13.9. The molecule has 1 aliphatic carbocycles. The number of aromatic nitrogens is 3. The number of rotatable bonds is 2. The van der Waals surface area contributed by atoms with Crippen LogP contribution in [0.1, 0.15) is 35.1 Å². The largest absolute Gasteiger partial charge is 0.461 e. The number of hydrogen-bond donors (Lipinski definition) is 0. The molecule has 2 heterocycles. The summed E-state index contributed by atoms with van der Waals surface area (Å²) >= 11 is 6.29. The molecule has 0 atom stereocenters. The number of aryl methyl sites for hydroxylation is 1. The number of hydrogen-bond acceptors (Lipinski definition) is 4. The van der Waals surface area contributed by atoms with Crippen molar-refractivity contribution in [2.45, 2.75) is 26.2 Å². The Morgan fingerprint density at radius 2 is 2.39 bits per heavy atom. The lowest BCUT2D eigenvalue weighted by Crippen LogP contribution is -2.06. The zero-order valence-electron chi connectivity index (χ0n) is 9.94. The fourth-order valence-corrected chi connectivity index (χ4v) is 2.57. The smallest absolute Gasteiger partial charge is 0.358 e. The van der Waals surface area contributed by atoms with E-state index in [2.05, 4.69) is 10.1 Å². The molecular formula is C12H12ClN3O2. The van der Waals surface area contributed by atoms with Gasteiger partial charge in [-0.1, -0.05) is 11.6 Å². The number of nitrogens with zero attached hydrogens (tertiary/aromatic N) is 3. The van der Waals surface area contributed by atoms with Crippen LogP contribution in [0.5, 0.6) is 0 Å². The first-order chi connectivity index (χ1) is 8.70. The first-order valence-corrected chi connectivity index (χ1v) is 6.32. The van der Waals surface area contributed by atoms with Gasteiger partial charge in [0, 0.05) is 17.3 Å². The van der Waals surface area contributed by atoms with Crippen LogP contribution in [0.25, 0.3) is 5.65 Å². The lowest BCUT2D eigenvalue weighted by Gasteiger charge is -2.03. The molecule has 0 bridgehead atoms. The summed E-state index contributed by atoms with van der Waals surface area (Å²) in [6, 6.07) is 1.61. The highest BCUT2D eigenvalue weighted by molar-refractivity contribution is 6.30. The summed E-state index contributed by atoms with van der Waals surface area (Å²) in [4.78, 5) is 16.1. The molecule has 0 fully saturated rings. The SMILES string of the molecule is CCOC(=O)c1cc2nc3c(c(Cl)n2n1)CCC3. The number of esters is 1. The van der Waals surface area contributed by atoms with Gasteiger partial charge < -0.3 is 4.74 Å². The third-order valence-corrected chi connectivity index (χ3v) is 3.44. The van der Waals surface area contributed by atoms with E-state index < -0.39 is 5.97 Å². The van der Waals surface area contributed by atoms with E-state index in [1.165, 1.54) is 4.52 Å². The Hall–Kier alpha value is -1.62. The minimum absolute atomic E-state index is 0.245. The van der Waals surface area contributed by atoms with E-state index in [0.717, 1.165) is 30.5 Å². The monoisotopic (exact) mass is 265 g/mol. The predicted molar refractivity (Wildman–Crippen MR) is 66.0 cm³/mol. The lowest BCUT2D eigenvalue weighted by molar-refractivity contribution is 0.0519. The molecule has 1 aliphatic rings. The van der Waals surface area contributed by atoms with Crippen LogP contribution < -0.4 is 0 Å². The maximum atomic E-state index is 11.6. The van der Waals surface area contributed by atoms with Gasteiger partial charge in [-0.15, -0.1) is 0 Å². The van der Waals surface area contributed by atoms with Crippen molar-refractivity contribution < 1.29 is 9.53 Å². The van der Waals surface area contributed by atoms with E-state index in [-0.39, 0.29) is 5.69 Å². The molecule has 2 aromatic heterocycles. The summed E-state index contributed by atoms with van der Waals surface area (Å²) < 4.78 is 6.42. The Bertz CT molecular complexity index is 636. The van der Waals surface area contributed by atoms with E-state index in [9.17, 15) is 4.79 Å². The summed E-state index contributed by atoms with van der Waals surface area (Å²) in [7, 11) is 0. The van der Waals surface area contributed by atoms with Crippen LogP contribution >= 0.6 is 11.6 Å². The zero-order valence-corrected chi connectivity index (χ0v) is 10.7. The van der Waals surface area contributed by atoms with Gasteiger partial charge in [0.15, 0.2) is 11.3 Å². The molecule has 0 radical (unpaired) electrons. The van der Waals surface area contributed by atoms with Crippen molar-refractivity contribution in [2.24, 2.45) is 0 Å². The number of ether oxygens (including phenoxy) is 1. The average molecular weight is 266 g/mol. The molecule has 0 unspecified atom stereocenters. The Labute approximate surface area is 109 Å². The molecule has 6 heteroatoms. The minimum Gasteiger partial charge on any atom is -0.461 e. The van der Waals surface area contributed by atoms with Crippen LogP contribution in [0.15, 0.2) is 6.07 Å². The molecule has 0 spiro atoms. The van der Waals surface area contributed by atoms with Crippen LogP contribution in [0.4, 0.5) is 0 Å². The molecular weight excluding hydrogens is 254 g/mol. The molecule has 18 heavy (non-hydrogen) atoms. The van der Waals surface area contributed by atoms with Gasteiger partial charge in [-0.3, -0.25) is 0 Å². The second-order valence-electron chi connectivity index (χ2n) is 4.20. The van der Waals surface area contributed by atoms with Gasteiger partial charge in [0.25, 0.3) is 0 Å². The molecule has 5 nitrogen and oxygen atoms in total. The van der Waals surface area contributed by atoms with Gasteiger partial charge in [-0.2, -0.15) is 5.10 Å². The molecule has 0 saturated carbocycles.